The van der Waals surface area contributed by atoms with Crippen molar-refractivity contribution in [3.05, 3.63) is 35.4 Å². The van der Waals surface area contributed by atoms with Gasteiger partial charge in [0, 0.05) is 5.56 Å². The SMILES string of the molecule is CC(OC(C)(C)C)C(=O)c1ccc(CC(C)(C)C)cc1. The zero-order valence-corrected chi connectivity index (χ0v) is 13.9. The van der Waals surface area contributed by atoms with Crippen LogP contribution in [0.1, 0.15) is 64.4 Å². The number of ether oxygens (including phenoxy) is 1. The lowest BCUT2D eigenvalue weighted by molar-refractivity contribution is -0.0381. The van der Waals surface area contributed by atoms with Crippen LogP contribution in [0.2, 0.25) is 0 Å². The first kappa shape index (κ1) is 16.9. The van der Waals surface area contributed by atoms with Gasteiger partial charge in [-0.15, -0.1) is 0 Å². The summed E-state index contributed by atoms with van der Waals surface area (Å²) in [5, 5.41) is 0. The quantitative estimate of drug-likeness (QED) is 0.747. The number of carbonyl (C=O) groups is 1. The van der Waals surface area contributed by atoms with E-state index in [-0.39, 0.29) is 16.8 Å². The van der Waals surface area contributed by atoms with Crippen molar-refractivity contribution < 1.29 is 9.53 Å². The Morgan fingerprint density at radius 3 is 1.95 bits per heavy atom. The average Bonchev–Trinajstić information content (AvgIpc) is 2.24. The van der Waals surface area contributed by atoms with Gasteiger partial charge in [-0.2, -0.15) is 0 Å². The molecule has 0 spiro atoms. The molecule has 0 saturated heterocycles. The van der Waals surface area contributed by atoms with Gasteiger partial charge in [0.1, 0.15) is 6.10 Å². The summed E-state index contributed by atoms with van der Waals surface area (Å²) in [7, 11) is 0. The molecule has 0 aliphatic carbocycles. The Kier molecular flexibility index (Phi) is 5.15. The van der Waals surface area contributed by atoms with Gasteiger partial charge < -0.3 is 4.74 Å². The molecule has 0 aromatic heterocycles. The molecular formula is C18H28O2. The molecule has 0 aliphatic rings. The summed E-state index contributed by atoms with van der Waals surface area (Å²) < 4.78 is 5.72. The topological polar surface area (TPSA) is 26.3 Å². The highest BCUT2D eigenvalue weighted by Gasteiger charge is 2.22. The van der Waals surface area contributed by atoms with E-state index in [2.05, 4.69) is 20.8 Å². The fraction of sp³-hybridized carbons (Fsp3) is 0.611. The maximum absolute atomic E-state index is 12.3. The number of ketones is 1. The van der Waals surface area contributed by atoms with Crippen LogP contribution < -0.4 is 0 Å². The van der Waals surface area contributed by atoms with Crippen molar-refractivity contribution in [2.24, 2.45) is 5.41 Å². The van der Waals surface area contributed by atoms with E-state index in [0.717, 1.165) is 12.0 Å². The van der Waals surface area contributed by atoms with Crippen molar-refractivity contribution in [3.8, 4) is 0 Å². The van der Waals surface area contributed by atoms with Crippen LogP contribution in [0.15, 0.2) is 24.3 Å². The first-order valence-electron chi connectivity index (χ1n) is 7.29. The summed E-state index contributed by atoms with van der Waals surface area (Å²) in [5.41, 5.74) is 1.94. The molecule has 1 unspecified atom stereocenters. The van der Waals surface area contributed by atoms with E-state index in [9.17, 15) is 4.79 Å². The molecule has 2 heteroatoms. The zero-order chi connectivity index (χ0) is 15.6. The first-order chi connectivity index (χ1) is 8.98. The van der Waals surface area contributed by atoms with E-state index in [0.29, 0.717) is 0 Å². The van der Waals surface area contributed by atoms with Crippen LogP contribution in [-0.4, -0.2) is 17.5 Å². The molecule has 0 amide bonds. The largest absolute Gasteiger partial charge is 0.365 e. The van der Waals surface area contributed by atoms with E-state index in [1.807, 2.05) is 52.0 Å². The molecule has 0 heterocycles. The number of hydrogen-bond donors (Lipinski definition) is 0. The molecule has 112 valence electrons. The minimum Gasteiger partial charge on any atom is -0.365 e. The second-order valence-corrected chi connectivity index (χ2v) is 7.67. The van der Waals surface area contributed by atoms with Crippen molar-refractivity contribution in [3.63, 3.8) is 0 Å². The van der Waals surface area contributed by atoms with Crippen molar-refractivity contribution >= 4 is 5.78 Å². The smallest absolute Gasteiger partial charge is 0.191 e. The Hall–Kier alpha value is -1.15. The van der Waals surface area contributed by atoms with Gasteiger partial charge in [-0.3, -0.25) is 4.79 Å². The third-order valence-corrected chi connectivity index (χ3v) is 2.87. The van der Waals surface area contributed by atoms with Crippen molar-refractivity contribution in [1.82, 2.24) is 0 Å². The molecule has 0 aliphatic heterocycles. The predicted octanol–water partition coefficient (Wildman–Crippen LogP) is 4.66. The Labute approximate surface area is 123 Å². The Morgan fingerprint density at radius 2 is 1.55 bits per heavy atom. The van der Waals surface area contributed by atoms with E-state index in [4.69, 9.17) is 4.74 Å². The lowest BCUT2D eigenvalue weighted by Crippen LogP contribution is -2.31. The second kappa shape index (κ2) is 6.09. The standard InChI is InChI=1S/C18H28O2/c1-13(20-18(5,6)7)16(19)15-10-8-14(9-11-15)12-17(2,3)4/h8-11,13H,12H2,1-7H3. The molecule has 1 rings (SSSR count). The van der Waals surface area contributed by atoms with Crippen LogP contribution >= 0.6 is 0 Å². The van der Waals surface area contributed by atoms with E-state index < -0.39 is 6.10 Å². The number of carbonyl (C=O) groups excluding carboxylic acids is 1. The van der Waals surface area contributed by atoms with Gasteiger partial charge in [0.2, 0.25) is 0 Å². The van der Waals surface area contributed by atoms with E-state index in [1.54, 1.807) is 0 Å². The van der Waals surface area contributed by atoms with Crippen LogP contribution in [0.5, 0.6) is 0 Å². The van der Waals surface area contributed by atoms with Gasteiger partial charge in [0.25, 0.3) is 0 Å². The maximum Gasteiger partial charge on any atom is 0.191 e. The van der Waals surface area contributed by atoms with Crippen LogP contribution in [0.4, 0.5) is 0 Å². The van der Waals surface area contributed by atoms with E-state index in [1.165, 1.54) is 5.56 Å². The molecule has 2 nitrogen and oxygen atoms in total. The third kappa shape index (κ3) is 5.87. The molecule has 20 heavy (non-hydrogen) atoms. The minimum absolute atomic E-state index is 0.0437. The summed E-state index contributed by atoms with van der Waals surface area (Å²) in [6.07, 6.45) is 0.596. The summed E-state index contributed by atoms with van der Waals surface area (Å²) in [4.78, 5) is 12.3. The first-order valence-corrected chi connectivity index (χ1v) is 7.29. The fourth-order valence-electron chi connectivity index (χ4n) is 2.22. The predicted molar refractivity (Wildman–Crippen MR) is 84.2 cm³/mol. The summed E-state index contributed by atoms with van der Waals surface area (Å²) >= 11 is 0. The van der Waals surface area contributed by atoms with Crippen LogP contribution in [0.25, 0.3) is 0 Å². The van der Waals surface area contributed by atoms with Gasteiger partial charge in [-0.05, 0) is 45.1 Å². The Balaban J connectivity index is 2.76. The third-order valence-electron chi connectivity index (χ3n) is 2.87. The van der Waals surface area contributed by atoms with Crippen LogP contribution in [0, 0.1) is 5.41 Å². The summed E-state index contributed by atoms with van der Waals surface area (Å²) in [6.45, 7) is 14.3. The average molecular weight is 276 g/mol. The molecule has 0 saturated carbocycles. The molecule has 0 fully saturated rings. The monoisotopic (exact) mass is 276 g/mol. The summed E-state index contributed by atoms with van der Waals surface area (Å²) in [6, 6.07) is 7.91. The minimum atomic E-state index is -0.413. The molecule has 1 aromatic rings. The normalized spacial score (nSPS) is 14.2. The van der Waals surface area contributed by atoms with Crippen molar-refractivity contribution in [1.29, 1.82) is 0 Å². The fourth-order valence-corrected chi connectivity index (χ4v) is 2.22. The van der Waals surface area contributed by atoms with Gasteiger partial charge in [-0.25, -0.2) is 0 Å². The zero-order valence-electron chi connectivity index (χ0n) is 13.9. The lowest BCUT2D eigenvalue weighted by atomic mass is 9.88. The molecular weight excluding hydrogens is 248 g/mol. The van der Waals surface area contributed by atoms with E-state index >= 15 is 0 Å². The van der Waals surface area contributed by atoms with Crippen LogP contribution in [0.3, 0.4) is 0 Å². The molecule has 1 aromatic carbocycles. The van der Waals surface area contributed by atoms with Gasteiger partial charge in [-0.1, -0.05) is 45.0 Å². The summed E-state index contributed by atoms with van der Waals surface area (Å²) in [5.74, 6) is 0.0437. The number of hydrogen-bond acceptors (Lipinski definition) is 2. The highest BCUT2D eigenvalue weighted by Crippen LogP contribution is 2.21. The molecule has 0 N–H and O–H groups in total. The highest BCUT2D eigenvalue weighted by atomic mass is 16.5. The maximum atomic E-state index is 12.3. The number of benzene rings is 1. The number of rotatable bonds is 4. The van der Waals surface area contributed by atoms with Crippen LogP contribution in [-0.2, 0) is 11.2 Å². The molecule has 0 bridgehead atoms. The van der Waals surface area contributed by atoms with Crippen molar-refractivity contribution in [2.45, 2.75) is 66.6 Å². The lowest BCUT2D eigenvalue weighted by Gasteiger charge is -2.24. The molecule has 1 atom stereocenters. The van der Waals surface area contributed by atoms with Gasteiger partial charge in [0.05, 0.1) is 5.60 Å². The van der Waals surface area contributed by atoms with Gasteiger partial charge >= 0.3 is 0 Å². The Morgan fingerprint density at radius 1 is 1.05 bits per heavy atom. The molecule has 0 radical (unpaired) electrons. The number of Topliss-reactive ketones (excluding diaryl/α,β-unsaturated/α-hetero) is 1. The van der Waals surface area contributed by atoms with Crippen molar-refractivity contribution in [2.75, 3.05) is 0 Å². The highest BCUT2D eigenvalue weighted by molar-refractivity contribution is 5.99. The van der Waals surface area contributed by atoms with Gasteiger partial charge in [0.15, 0.2) is 5.78 Å². The Bertz CT molecular complexity index is 444. The second-order valence-electron chi connectivity index (χ2n) is 7.67.